The Bertz CT molecular complexity index is 318. The topological polar surface area (TPSA) is 28.2 Å². The van der Waals surface area contributed by atoms with Crippen molar-refractivity contribution < 1.29 is 0 Å². The van der Waals surface area contributed by atoms with Gasteiger partial charge >= 0.3 is 0 Å². The van der Waals surface area contributed by atoms with Crippen LogP contribution in [0.2, 0.25) is 0 Å². The molecule has 1 aliphatic rings. The Morgan fingerprint density at radius 2 is 2.47 bits per heavy atom. The monoisotopic (exact) mass is 205 g/mol. The molecule has 3 nitrogen and oxygen atoms in total. The quantitative estimate of drug-likeness (QED) is 0.817. The van der Waals surface area contributed by atoms with E-state index in [4.69, 9.17) is 0 Å². The fraction of sp³-hybridized carbons (Fsp3) is 0.583. The van der Waals surface area contributed by atoms with Gasteiger partial charge in [-0.1, -0.05) is 6.07 Å². The van der Waals surface area contributed by atoms with Crippen LogP contribution in [0.1, 0.15) is 31.4 Å². The summed E-state index contributed by atoms with van der Waals surface area (Å²) >= 11 is 0. The average Bonchev–Trinajstić information content (AvgIpc) is 2.81. The van der Waals surface area contributed by atoms with Crippen molar-refractivity contribution in [1.82, 2.24) is 10.3 Å². The van der Waals surface area contributed by atoms with Gasteiger partial charge < -0.3 is 10.2 Å². The third-order valence-corrected chi connectivity index (χ3v) is 3.09. The van der Waals surface area contributed by atoms with Crippen LogP contribution in [0.25, 0.3) is 0 Å². The average molecular weight is 205 g/mol. The molecule has 15 heavy (non-hydrogen) atoms. The Labute approximate surface area is 91.5 Å². The normalized spacial score (nSPS) is 20.5. The van der Waals surface area contributed by atoms with Crippen molar-refractivity contribution in [3.05, 3.63) is 23.9 Å². The molecular weight excluding hydrogens is 186 g/mol. The molecule has 1 atom stereocenters. The van der Waals surface area contributed by atoms with Crippen LogP contribution >= 0.6 is 0 Å². The fourth-order valence-corrected chi connectivity index (χ4v) is 2.10. The molecule has 0 aromatic carbocycles. The second-order valence-corrected chi connectivity index (χ2v) is 4.08. The minimum atomic E-state index is 0.502. The number of pyridine rings is 1. The van der Waals surface area contributed by atoms with Crippen molar-refractivity contribution in [3.8, 4) is 0 Å². The maximum Gasteiger partial charge on any atom is 0.133 e. The molecule has 2 heterocycles. The van der Waals surface area contributed by atoms with Crippen LogP contribution in [0.3, 0.4) is 0 Å². The van der Waals surface area contributed by atoms with Gasteiger partial charge in [-0.3, -0.25) is 0 Å². The first-order valence-corrected chi connectivity index (χ1v) is 5.72. The first-order chi connectivity index (χ1) is 7.33. The lowest BCUT2D eigenvalue weighted by Crippen LogP contribution is -2.22. The van der Waals surface area contributed by atoms with Crippen LogP contribution in [-0.2, 0) is 0 Å². The highest BCUT2D eigenvalue weighted by Gasteiger charge is 2.20. The third kappa shape index (κ3) is 2.12. The Morgan fingerprint density at radius 3 is 3.13 bits per heavy atom. The lowest BCUT2D eigenvalue weighted by molar-refractivity contribution is 0.642. The zero-order chi connectivity index (χ0) is 10.7. The number of aromatic nitrogens is 1. The summed E-state index contributed by atoms with van der Waals surface area (Å²) in [6.45, 7) is 4.28. The maximum absolute atomic E-state index is 4.48. The molecule has 1 fully saturated rings. The highest BCUT2D eigenvalue weighted by atomic mass is 15.2. The molecule has 1 aromatic heterocycles. The van der Waals surface area contributed by atoms with Crippen LogP contribution in [0.5, 0.6) is 0 Å². The van der Waals surface area contributed by atoms with Crippen LogP contribution < -0.4 is 10.2 Å². The molecule has 82 valence electrons. The number of hydrogen-bond donors (Lipinski definition) is 1. The van der Waals surface area contributed by atoms with Crippen LogP contribution in [0, 0.1) is 0 Å². The summed E-state index contributed by atoms with van der Waals surface area (Å²) in [7, 11) is 2.10. The molecule has 2 rings (SSSR count). The summed E-state index contributed by atoms with van der Waals surface area (Å²) in [5, 5.41) is 3.53. The second kappa shape index (κ2) is 4.62. The van der Waals surface area contributed by atoms with E-state index >= 15 is 0 Å². The minimum absolute atomic E-state index is 0.502. The highest BCUT2D eigenvalue weighted by molar-refractivity contribution is 5.47. The van der Waals surface area contributed by atoms with Gasteiger partial charge in [0.25, 0.3) is 0 Å². The van der Waals surface area contributed by atoms with Gasteiger partial charge in [-0.15, -0.1) is 0 Å². The maximum atomic E-state index is 4.48. The molecule has 0 amide bonds. The second-order valence-electron chi connectivity index (χ2n) is 4.08. The molecule has 0 aliphatic carbocycles. The molecule has 1 aliphatic heterocycles. The molecule has 1 saturated heterocycles. The highest BCUT2D eigenvalue weighted by Crippen LogP contribution is 2.28. The molecule has 0 spiro atoms. The Morgan fingerprint density at radius 1 is 1.60 bits per heavy atom. The van der Waals surface area contributed by atoms with Gasteiger partial charge in [0.05, 0.1) is 0 Å². The van der Waals surface area contributed by atoms with Crippen molar-refractivity contribution in [2.45, 2.75) is 25.8 Å². The van der Waals surface area contributed by atoms with Gasteiger partial charge in [0, 0.05) is 31.4 Å². The van der Waals surface area contributed by atoms with Crippen LogP contribution in [-0.4, -0.2) is 25.1 Å². The Kier molecular flexibility index (Phi) is 3.21. The number of nitrogens with one attached hydrogen (secondary N) is 1. The van der Waals surface area contributed by atoms with Crippen molar-refractivity contribution >= 4 is 5.82 Å². The summed E-state index contributed by atoms with van der Waals surface area (Å²) in [5.41, 5.74) is 1.35. The fourth-order valence-electron chi connectivity index (χ4n) is 2.10. The first kappa shape index (κ1) is 10.4. The van der Waals surface area contributed by atoms with E-state index < -0.39 is 0 Å². The van der Waals surface area contributed by atoms with Crippen molar-refractivity contribution in [1.29, 1.82) is 0 Å². The molecule has 1 unspecified atom stereocenters. The molecule has 1 aromatic rings. The minimum Gasteiger partial charge on any atom is -0.360 e. The molecule has 0 bridgehead atoms. The summed E-state index contributed by atoms with van der Waals surface area (Å²) < 4.78 is 0. The molecular formula is C12H19N3. The van der Waals surface area contributed by atoms with Gasteiger partial charge in [0.2, 0.25) is 0 Å². The van der Waals surface area contributed by atoms with Crippen molar-refractivity contribution in [3.63, 3.8) is 0 Å². The van der Waals surface area contributed by atoms with Gasteiger partial charge in [-0.25, -0.2) is 4.98 Å². The first-order valence-electron chi connectivity index (χ1n) is 5.72. The third-order valence-electron chi connectivity index (χ3n) is 3.09. The van der Waals surface area contributed by atoms with E-state index in [-0.39, 0.29) is 0 Å². The summed E-state index contributed by atoms with van der Waals surface area (Å²) in [6, 6.07) is 4.72. The van der Waals surface area contributed by atoms with E-state index in [9.17, 15) is 0 Å². The summed E-state index contributed by atoms with van der Waals surface area (Å²) in [4.78, 5) is 6.68. The van der Waals surface area contributed by atoms with Gasteiger partial charge in [-0.05, 0) is 32.4 Å². The summed E-state index contributed by atoms with van der Waals surface area (Å²) in [6.07, 6.45) is 4.38. The smallest absolute Gasteiger partial charge is 0.133 e. The van der Waals surface area contributed by atoms with E-state index in [0.29, 0.717) is 6.04 Å². The Balaban J connectivity index is 2.28. The van der Waals surface area contributed by atoms with E-state index in [1.807, 2.05) is 12.3 Å². The predicted molar refractivity (Wildman–Crippen MR) is 63.2 cm³/mol. The predicted octanol–water partition coefficient (Wildman–Crippen LogP) is 1.96. The number of nitrogens with zero attached hydrogens (tertiary/aromatic N) is 2. The lowest BCUT2D eigenvalue weighted by Gasteiger charge is -2.22. The Hall–Kier alpha value is -1.09. The van der Waals surface area contributed by atoms with E-state index in [1.54, 1.807) is 0 Å². The largest absolute Gasteiger partial charge is 0.360 e. The van der Waals surface area contributed by atoms with Crippen molar-refractivity contribution in [2.24, 2.45) is 0 Å². The van der Waals surface area contributed by atoms with Crippen LogP contribution in [0.4, 0.5) is 5.82 Å². The molecule has 3 heteroatoms. The van der Waals surface area contributed by atoms with E-state index in [0.717, 1.165) is 18.9 Å². The lowest BCUT2D eigenvalue weighted by atomic mass is 10.1. The molecule has 1 N–H and O–H groups in total. The number of rotatable bonds is 3. The molecule has 0 radical (unpaired) electrons. The van der Waals surface area contributed by atoms with E-state index in [1.165, 1.54) is 18.4 Å². The zero-order valence-corrected chi connectivity index (χ0v) is 9.53. The van der Waals surface area contributed by atoms with Crippen molar-refractivity contribution in [2.75, 3.05) is 25.0 Å². The van der Waals surface area contributed by atoms with Gasteiger partial charge in [0.15, 0.2) is 0 Å². The number of hydrogen-bond acceptors (Lipinski definition) is 3. The van der Waals surface area contributed by atoms with Crippen LogP contribution in [0.15, 0.2) is 18.3 Å². The SMILES string of the molecule is CCN(C)c1ncccc1C1CCCN1. The van der Waals surface area contributed by atoms with Gasteiger partial charge in [0.1, 0.15) is 5.82 Å². The summed E-state index contributed by atoms with van der Waals surface area (Å²) in [5.74, 6) is 1.12. The standard InChI is InChI=1S/C12H19N3/c1-3-15(2)12-10(6-4-9-14-12)11-7-5-8-13-11/h4,6,9,11,13H,3,5,7-8H2,1-2H3. The zero-order valence-electron chi connectivity index (χ0n) is 9.53. The van der Waals surface area contributed by atoms with Gasteiger partial charge in [-0.2, -0.15) is 0 Å². The molecule has 0 saturated carbocycles. The number of anilines is 1. The van der Waals surface area contributed by atoms with E-state index in [2.05, 4.69) is 35.2 Å².